The molecular formula is C21H17FN2O3. The van der Waals surface area contributed by atoms with E-state index in [9.17, 15) is 14.0 Å². The van der Waals surface area contributed by atoms with Crippen LogP contribution in [0.4, 0.5) is 15.8 Å². The summed E-state index contributed by atoms with van der Waals surface area (Å²) in [6, 6.07) is 16.4. The first kappa shape index (κ1) is 17.0. The van der Waals surface area contributed by atoms with Gasteiger partial charge in [0.25, 0.3) is 5.91 Å². The summed E-state index contributed by atoms with van der Waals surface area (Å²) >= 11 is 0. The molecule has 1 aromatic heterocycles. The summed E-state index contributed by atoms with van der Waals surface area (Å²) in [4.78, 5) is 24.3. The van der Waals surface area contributed by atoms with Gasteiger partial charge >= 0.3 is 0 Å². The fraction of sp³-hybridized carbons (Fsp3) is 0.143. The van der Waals surface area contributed by atoms with Crippen molar-refractivity contribution in [3.05, 3.63) is 84.1 Å². The molecule has 1 saturated carbocycles. The predicted molar refractivity (Wildman–Crippen MR) is 99.0 cm³/mol. The number of halogens is 1. The zero-order valence-electron chi connectivity index (χ0n) is 14.3. The lowest BCUT2D eigenvalue weighted by Crippen LogP contribution is -2.15. The Balaban J connectivity index is 1.33. The van der Waals surface area contributed by atoms with Crippen molar-refractivity contribution >= 4 is 23.2 Å². The molecule has 5 nitrogen and oxygen atoms in total. The van der Waals surface area contributed by atoms with Gasteiger partial charge in [0.1, 0.15) is 5.82 Å². The molecule has 0 aliphatic heterocycles. The molecule has 0 saturated heterocycles. The van der Waals surface area contributed by atoms with E-state index in [0.29, 0.717) is 11.4 Å². The third-order valence-electron chi connectivity index (χ3n) is 4.58. The van der Waals surface area contributed by atoms with Crippen LogP contribution in [0.3, 0.4) is 0 Å². The number of amides is 2. The molecule has 0 spiro atoms. The van der Waals surface area contributed by atoms with Crippen molar-refractivity contribution in [3.63, 3.8) is 0 Å². The maximum absolute atomic E-state index is 13.0. The minimum absolute atomic E-state index is 0.0586. The van der Waals surface area contributed by atoms with E-state index in [-0.39, 0.29) is 35.2 Å². The van der Waals surface area contributed by atoms with Crippen molar-refractivity contribution in [2.24, 2.45) is 5.92 Å². The highest BCUT2D eigenvalue weighted by molar-refractivity contribution is 6.02. The Morgan fingerprint density at radius 3 is 2.22 bits per heavy atom. The van der Waals surface area contributed by atoms with Gasteiger partial charge in [-0.2, -0.15) is 0 Å². The number of anilines is 2. The Morgan fingerprint density at radius 2 is 1.59 bits per heavy atom. The van der Waals surface area contributed by atoms with Gasteiger partial charge in [0.15, 0.2) is 5.76 Å². The maximum Gasteiger partial charge on any atom is 0.291 e. The molecule has 1 fully saturated rings. The van der Waals surface area contributed by atoms with Crippen molar-refractivity contribution in [2.75, 3.05) is 10.6 Å². The van der Waals surface area contributed by atoms with Gasteiger partial charge in [-0.25, -0.2) is 4.39 Å². The molecule has 0 unspecified atom stereocenters. The van der Waals surface area contributed by atoms with Crippen LogP contribution >= 0.6 is 0 Å². The zero-order valence-corrected chi connectivity index (χ0v) is 14.3. The largest absolute Gasteiger partial charge is 0.459 e. The molecule has 27 heavy (non-hydrogen) atoms. The fourth-order valence-electron chi connectivity index (χ4n) is 3.04. The molecule has 136 valence electrons. The van der Waals surface area contributed by atoms with E-state index in [2.05, 4.69) is 10.6 Å². The highest BCUT2D eigenvalue weighted by Crippen LogP contribution is 2.48. The molecule has 3 aromatic rings. The van der Waals surface area contributed by atoms with Crippen LogP contribution in [0.15, 0.2) is 71.3 Å². The molecule has 2 atom stereocenters. The quantitative estimate of drug-likeness (QED) is 0.704. The minimum atomic E-state index is -0.336. The van der Waals surface area contributed by atoms with Crippen LogP contribution in [-0.2, 0) is 4.79 Å². The molecule has 2 amide bonds. The standard InChI is InChI=1S/C21H17FN2O3/c22-14-5-3-13(4-6-14)17-12-18(17)20(25)23-15-7-9-16(10-8-15)24-21(26)19-2-1-11-27-19/h1-11,17-18H,12H2,(H,23,25)(H,24,26)/t17-,18-/m1/s1. The molecule has 1 aliphatic rings. The van der Waals surface area contributed by atoms with Gasteiger partial charge in [0, 0.05) is 17.3 Å². The Morgan fingerprint density at radius 1 is 0.926 bits per heavy atom. The molecule has 1 aliphatic carbocycles. The van der Waals surface area contributed by atoms with Crippen LogP contribution in [0.5, 0.6) is 0 Å². The Hall–Kier alpha value is -3.41. The lowest BCUT2D eigenvalue weighted by Gasteiger charge is -2.07. The number of rotatable bonds is 5. The van der Waals surface area contributed by atoms with Crippen molar-refractivity contribution < 1.29 is 18.4 Å². The lowest BCUT2D eigenvalue weighted by atomic mass is 10.1. The second-order valence-corrected chi connectivity index (χ2v) is 6.50. The normalized spacial score (nSPS) is 18.0. The summed E-state index contributed by atoms with van der Waals surface area (Å²) in [5.41, 5.74) is 2.23. The monoisotopic (exact) mass is 364 g/mol. The smallest absolute Gasteiger partial charge is 0.291 e. The SMILES string of the molecule is O=C(Nc1ccc(NC(=O)[C@@H]2C[C@@H]2c2ccc(F)cc2)cc1)c1ccco1. The van der Waals surface area contributed by atoms with Gasteiger partial charge in [0.2, 0.25) is 5.91 Å². The van der Waals surface area contributed by atoms with Crippen molar-refractivity contribution in [1.82, 2.24) is 0 Å². The molecule has 1 heterocycles. The topological polar surface area (TPSA) is 71.3 Å². The van der Waals surface area contributed by atoms with Crippen LogP contribution in [0, 0.1) is 11.7 Å². The van der Waals surface area contributed by atoms with E-state index >= 15 is 0 Å². The van der Waals surface area contributed by atoms with Crippen LogP contribution in [0.2, 0.25) is 0 Å². The van der Waals surface area contributed by atoms with Gasteiger partial charge in [0.05, 0.1) is 6.26 Å². The predicted octanol–water partition coefficient (Wildman–Crippen LogP) is 4.41. The van der Waals surface area contributed by atoms with E-state index in [1.165, 1.54) is 18.4 Å². The first-order chi connectivity index (χ1) is 13.1. The fourth-order valence-corrected chi connectivity index (χ4v) is 3.04. The number of carbonyl (C=O) groups is 2. The average molecular weight is 364 g/mol. The number of hydrogen-bond donors (Lipinski definition) is 2. The van der Waals surface area contributed by atoms with E-state index in [0.717, 1.165) is 12.0 Å². The Kier molecular flexibility index (Phi) is 4.46. The summed E-state index contributed by atoms with van der Waals surface area (Å²) in [7, 11) is 0. The summed E-state index contributed by atoms with van der Waals surface area (Å²) in [6.45, 7) is 0. The van der Waals surface area contributed by atoms with E-state index in [1.54, 1.807) is 48.5 Å². The maximum atomic E-state index is 13.0. The minimum Gasteiger partial charge on any atom is -0.459 e. The number of carbonyl (C=O) groups excluding carboxylic acids is 2. The summed E-state index contributed by atoms with van der Waals surface area (Å²) in [6.07, 6.45) is 2.19. The third-order valence-corrected chi connectivity index (χ3v) is 4.58. The molecule has 0 radical (unpaired) electrons. The average Bonchev–Trinajstić information content (AvgIpc) is 3.28. The van der Waals surface area contributed by atoms with Crippen molar-refractivity contribution in [2.45, 2.75) is 12.3 Å². The molecule has 4 rings (SSSR count). The second kappa shape index (κ2) is 7.07. The lowest BCUT2D eigenvalue weighted by molar-refractivity contribution is -0.117. The molecule has 0 bridgehead atoms. The molecule has 2 N–H and O–H groups in total. The zero-order chi connectivity index (χ0) is 18.8. The molecular weight excluding hydrogens is 347 g/mol. The highest BCUT2D eigenvalue weighted by atomic mass is 19.1. The molecule has 6 heteroatoms. The highest BCUT2D eigenvalue weighted by Gasteiger charge is 2.43. The first-order valence-electron chi connectivity index (χ1n) is 8.61. The molecule has 2 aromatic carbocycles. The number of hydrogen-bond acceptors (Lipinski definition) is 3. The van der Waals surface area contributed by atoms with Crippen LogP contribution < -0.4 is 10.6 Å². The summed E-state index contributed by atoms with van der Waals surface area (Å²) < 4.78 is 18.0. The van der Waals surface area contributed by atoms with Gasteiger partial charge in [-0.05, 0) is 66.4 Å². The van der Waals surface area contributed by atoms with E-state index < -0.39 is 0 Å². The van der Waals surface area contributed by atoms with Crippen molar-refractivity contribution in [3.8, 4) is 0 Å². The van der Waals surface area contributed by atoms with E-state index in [4.69, 9.17) is 4.42 Å². The van der Waals surface area contributed by atoms with Gasteiger partial charge < -0.3 is 15.1 Å². The van der Waals surface area contributed by atoms with Crippen LogP contribution in [-0.4, -0.2) is 11.8 Å². The van der Waals surface area contributed by atoms with E-state index in [1.807, 2.05) is 0 Å². The Bertz CT molecular complexity index is 950. The third kappa shape index (κ3) is 3.89. The second-order valence-electron chi connectivity index (χ2n) is 6.50. The van der Waals surface area contributed by atoms with Gasteiger partial charge in [-0.15, -0.1) is 0 Å². The Labute approximate surface area is 155 Å². The first-order valence-corrected chi connectivity index (χ1v) is 8.61. The number of benzene rings is 2. The number of nitrogens with one attached hydrogen (secondary N) is 2. The van der Waals surface area contributed by atoms with Crippen LogP contribution in [0.25, 0.3) is 0 Å². The van der Waals surface area contributed by atoms with Gasteiger partial charge in [-0.3, -0.25) is 9.59 Å². The summed E-state index contributed by atoms with van der Waals surface area (Å²) in [5, 5.41) is 5.60. The van der Waals surface area contributed by atoms with Gasteiger partial charge in [-0.1, -0.05) is 12.1 Å². The summed E-state index contributed by atoms with van der Waals surface area (Å²) in [5.74, 6) is -0.410. The number of furan rings is 1. The van der Waals surface area contributed by atoms with Crippen molar-refractivity contribution in [1.29, 1.82) is 0 Å². The van der Waals surface area contributed by atoms with Crippen LogP contribution in [0.1, 0.15) is 28.5 Å².